The van der Waals surface area contributed by atoms with E-state index in [4.69, 9.17) is 4.42 Å². The van der Waals surface area contributed by atoms with Gasteiger partial charge in [-0.3, -0.25) is 0 Å². The molecule has 1 N–H and O–H groups in total. The van der Waals surface area contributed by atoms with Crippen LogP contribution < -0.4 is 5.32 Å². The maximum atomic E-state index is 6.05. The Morgan fingerprint density at radius 3 is 1.30 bits per heavy atom. The minimum Gasteiger partial charge on any atom is -0.456 e. The van der Waals surface area contributed by atoms with Gasteiger partial charge in [0.2, 0.25) is 0 Å². The Bertz CT molecular complexity index is 1220. The van der Waals surface area contributed by atoms with Gasteiger partial charge in [0, 0.05) is 22.5 Å². The first kappa shape index (κ1) is 18.0. The second kappa shape index (κ2) is 8.14. The third-order valence-corrected chi connectivity index (χ3v) is 5.11. The van der Waals surface area contributed by atoms with E-state index >= 15 is 0 Å². The first-order valence-corrected chi connectivity index (χ1v) is 10.0. The van der Waals surface area contributed by atoms with E-state index in [1.54, 1.807) is 0 Å². The third-order valence-electron chi connectivity index (χ3n) is 5.11. The van der Waals surface area contributed by atoms with Crippen LogP contribution in [0.4, 0.5) is 11.4 Å². The molecule has 0 unspecified atom stereocenters. The molecule has 0 radical (unpaired) electrons. The molecule has 0 saturated heterocycles. The van der Waals surface area contributed by atoms with E-state index in [2.05, 4.69) is 90.2 Å². The Morgan fingerprint density at radius 1 is 0.367 bits per heavy atom. The van der Waals surface area contributed by atoms with Gasteiger partial charge in [-0.05, 0) is 59.7 Å². The molecule has 0 fully saturated rings. The zero-order valence-corrected chi connectivity index (χ0v) is 16.5. The Morgan fingerprint density at radius 2 is 0.767 bits per heavy atom. The van der Waals surface area contributed by atoms with E-state index in [0.29, 0.717) is 0 Å². The van der Waals surface area contributed by atoms with Crippen molar-refractivity contribution in [3.63, 3.8) is 0 Å². The minimum absolute atomic E-state index is 0.868. The van der Waals surface area contributed by atoms with Gasteiger partial charge in [0.05, 0.1) is 0 Å². The van der Waals surface area contributed by atoms with E-state index in [1.807, 2.05) is 36.4 Å². The lowest BCUT2D eigenvalue weighted by molar-refractivity contribution is 0.597. The highest BCUT2D eigenvalue weighted by atomic mass is 16.3. The molecule has 0 aliphatic carbocycles. The lowest BCUT2D eigenvalue weighted by Gasteiger charge is -2.08. The Labute approximate surface area is 176 Å². The van der Waals surface area contributed by atoms with Crippen LogP contribution in [0.25, 0.3) is 33.8 Å². The number of furan rings is 1. The van der Waals surface area contributed by atoms with Crippen LogP contribution in [0, 0.1) is 0 Å². The average molecular weight is 387 g/mol. The summed E-state index contributed by atoms with van der Waals surface area (Å²) >= 11 is 0. The summed E-state index contributed by atoms with van der Waals surface area (Å²) in [5, 5.41) is 3.46. The van der Waals surface area contributed by atoms with Crippen molar-refractivity contribution >= 4 is 11.4 Å². The van der Waals surface area contributed by atoms with Crippen molar-refractivity contribution in [2.75, 3.05) is 5.32 Å². The van der Waals surface area contributed by atoms with Crippen LogP contribution in [0.1, 0.15) is 0 Å². The van der Waals surface area contributed by atoms with E-state index in [9.17, 15) is 0 Å². The number of rotatable bonds is 5. The Balaban J connectivity index is 1.29. The fourth-order valence-corrected chi connectivity index (χ4v) is 3.51. The van der Waals surface area contributed by atoms with Crippen LogP contribution in [0.5, 0.6) is 0 Å². The molecule has 1 heterocycles. The van der Waals surface area contributed by atoms with Crippen molar-refractivity contribution in [3.05, 3.63) is 121 Å². The van der Waals surface area contributed by atoms with Crippen LogP contribution in [-0.4, -0.2) is 0 Å². The van der Waals surface area contributed by atoms with Gasteiger partial charge in [-0.1, -0.05) is 72.8 Å². The molecule has 2 nitrogen and oxygen atoms in total. The van der Waals surface area contributed by atoms with Gasteiger partial charge in [0.15, 0.2) is 0 Å². The highest BCUT2D eigenvalue weighted by Crippen LogP contribution is 2.30. The lowest BCUT2D eigenvalue weighted by Crippen LogP contribution is -1.90. The van der Waals surface area contributed by atoms with Crippen molar-refractivity contribution in [1.82, 2.24) is 0 Å². The zero-order valence-electron chi connectivity index (χ0n) is 16.5. The molecule has 0 aliphatic heterocycles. The molecule has 1 aromatic heterocycles. The zero-order chi connectivity index (χ0) is 20.2. The van der Waals surface area contributed by atoms with Crippen molar-refractivity contribution in [2.24, 2.45) is 0 Å². The van der Waals surface area contributed by atoms with Crippen LogP contribution in [0.3, 0.4) is 0 Å². The molecule has 0 amide bonds. The summed E-state index contributed by atoms with van der Waals surface area (Å²) in [7, 11) is 0. The molecule has 5 aromatic rings. The van der Waals surface area contributed by atoms with Crippen LogP contribution in [0.2, 0.25) is 0 Å². The highest BCUT2D eigenvalue weighted by Gasteiger charge is 2.07. The molecule has 0 atom stereocenters. The predicted molar refractivity (Wildman–Crippen MR) is 125 cm³/mol. The monoisotopic (exact) mass is 387 g/mol. The molecule has 0 saturated carbocycles. The summed E-state index contributed by atoms with van der Waals surface area (Å²) in [4.78, 5) is 0. The maximum absolute atomic E-state index is 6.05. The quantitative estimate of drug-likeness (QED) is 0.330. The fraction of sp³-hybridized carbons (Fsp3) is 0. The Hall–Kier alpha value is -4.04. The van der Waals surface area contributed by atoms with Crippen LogP contribution in [0.15, 0.2) is 126 Å². The number of nitrogens with one attached hydrogen (secondary N) is 1. The number of hydrogen-bond acceptors (Lipinski definition) is 2. The molecular formula is C28H21NO. The summed E-state index contributed by atoms with van der Waals surface area (Å²) in [6, 6.07) is 41.4. The Kier molecular flexibility index (Phi) is 4.89. The van der Waals surface area contributed by atoms with Crippen molar-refractivity contribution in [2.45, 2.75) is 0 Å². The van der Waals surface area contributed by atoms with Gasteiger partial charge >= 0.3 is 0 Å². The predicted octanol–water partition coefficient (Wildman–Crippen LogP) is 8.02. The van der Waals surface area contributed by atoms with E-state index in [0.717, 1.165) is 34.0 Å². The van der Waals surface area contributed by atoms with Gasteiger partial charge < -0.3 is 9.73 Å². The number of anilines is 2. The first-order valence-electron chi connectivity index (χ1n) is 10.0. The molecule has 0 spiro atoms. The van der Waals surface area contributed by atoms with Gasteiger partial charge in [-0.2, -0.15) is 0 Å². The SMILES string of the molecule is c1ccc(-c2ccc(Nc3ccc(-c4ccc(-c5ccccc5)o4)cc3)cc2)cc1. The third kappa shape index (κ3) is 3.89. The molecule has 5 rings (SSSR count). The molecular weight excluding hydrogens is 366 g/mol. The smallest absolute Gasteiger partial charge is 0.134 e. The van der Waals surface area contributed by atoms with Crippen molar-refractivity contribution < 1.29 is 4.42 Å². The summed E-state index contributed by atoms with van der Waals surface area (Å²) in [5.41, 5.74) is 6.68. The number of benzene rings is 4. The topological polar surface area (TPSA) is 25.2 Å². The molecule has 30 heavy (non-hydrogen) atoms. The highest BCUT2D eigenvalue weighted by molar-refractivity contribution is 5.70. The lowest BCUT2D eigenvalue weighted by atomic mass is 10.1. The average Bonchev–Trinajstić information content (AvgIpc) is 3.32. The van der Waals surface area contributed by atoms with Crippen LogP contribution in [-0.2, 0) is 0 Å². The van der Waals surface area contributed by atoms with Crippen LogP contribution >= 0.6 is 0 Å². The summed E-state index contributed by atoms with van der Waals surface area (Å²) in [6.07, 6.45) is 0. The van der Waals surface area contributed by atoms with Gasteiger partial charge in [-0.15, -0.1) is 0 Å². The first-order chi connectivity index (χ1) is 14.8. The normalized spacial score (nSPS) is 10.7. The standard InChI is InChI=1S/C28H21NO/c1-3-7-21(8-4-1)22-11-15-25(16-12-22)29-26-17-13-24(14-18-26)28-20-19-27(30-28)23-9-5-2-6-10-23/h1-20,29H. The molecule has 144 valence electrons. The molecule has 4 aromatic carbocycles. The van der Waals surface area contributed by atoms with Gasteiger partial charge in [0.1, 0.15) is 11.5 Å². The fourth-order valence-electron chi connectivity index (χ4n) is 3.51. The van der Waals surface area contributed by atoms with Crippen molar-refractivity contribution in [1.29, 1.82) is 0 Å². The van der Waals surface area contributed by atoms with E-state index in [1.165, 1.54) is 11.1 Å². The van der Waals surface area contributed by atoms with Crippen molar-refractivity contribution in [3.8, 4) is 33.8 Å². The maximum Gasteiger partial charge on any atom is 0.134 e. The molecule has 2 heteroatoms. The molecule has 0 aliphatic rings. The van der Waals surface area contributed by atoms with Gasteiger partial charge in [0.25, 0.3) is 0 Å². The second-order valence-corrected chi connectivity index (χ2v) is 7.18. The van der Waals surface area contributed by atoms with E-state index < -0.39 is 0 Å². The summed E-state index contributed by atoms with van der Waals surface area (Å²) < 4.78 is 6.05. The number of hydrogen-bond donors (Lipinski definition) is 1. The summed E-state index contributed by atoms with van der Waals surface area (Å²) in [6.45, 7) is 0. The largest absolute Gasteiger partial charge is 0.456 e. The van der Waals surface area contributed by atoms with E-state index in [-0.39, 0.29) is 0 Å². The minimum atomic E-state index is 0.868. The molecule has 0 bridgehead atoms. The second-order valence-electron chi connectivity index (χ2n) is 7.18. The van der Waals surface area contributed by atoms with Gasteiger partial charge in [-0.25, -0.2) is 0 Å². The summed E-state index contributed by atoms with van der Waals surface area (Å²) in [5.74, 6) is 1.75.